The number of halogens is 4. The van der Waals surface area contributed by atoms with Crippen LogP contribution in [0.25, 0.3) is 0 Å². The van der Waals surface area contributed by atoms with Crippen molar-refractivity contribution in [1.82, 2.24) is 15.5 Å². The van der Waals surface area contributed by atoms with E-state index in [0.29, 0.717) is 36.5 Å². The van der Waals surface area contributed by atoms with Crippen molar-refractivity contribution in [2.75, 3.05) is 46.9 Å². The fourth-order valence-corrected chi connectivity index (χ4v) is 3.73. The first-order valence-electron chi connectivity index (χ1n) is 9.82. The third-order valence-corrected chi connectivity index (χ3v) is 5.37. The minimum absolute atomic E-state index is 0.162. The number of ether oxygens (including phenoxy) is 1. The summed E-state index contributed by atoms with van der Waals surface area (Å²) >= 11 is 6.05. The number of methoxy groups -OCH3 is 1. The van der Waals surface area contributed by atoms with Gasteiger partial charge in [0.25, 0.3) is 0 Å². The minimum atomic E-state index is -4.11. The molecular weight excluding hydrogens is 405 g/mol. The highest BCUT2D eigenvalue weighted by molar-refractivity contribution is 6.30. The van der Waals surface area contributed by atoms with Gasteiger partial charge in [-0.1, -0.05) is 23.7 Å². The molecule has 1 saturated heterocycles. The van der Waals surface area contributed by atoms with Crippen LogP contribution >= 0.6 is 11.6 Å². The molecule has 0 aliphatic carbocycles. The van der Waals surface area contributed by atoms with E-state index >= 15 is 0 Å². The van der Waals surface area contributed by atoms with Crippen LogP contribution in [0.4, 0.5) is 13.2 Å². The predicted molar refractivity (Wildman–Crippen MR) is 110 cm³/mol. The molecule has 0 radical (unpaired) electrons. The molecule has 1 aromatic rings. The van der Waals surface area contributed by atoms with Gasteiger partial charge < -0.3 is 15.4 Å². The second kappa shape index (κ2) is 11.6. The highest BCUT2D eigenvalue weighted by atomic mass is 35.5. The summed E-state index contributed by atoms with van der Waals surface area (Å²) in [5, 5.41) is 7.18. The molecule has 0 bridgehead atoms. The van der Waals surface area contributed by atoms with E-state index in [9.17, 15) is 13.2 Å². The van der Waals surface area contributed by atoms with Gasteiger partial charge in [-0.05, 0) is 56.0 Å². The van der Waals surface area contributed by atoms with E-state index < -0.39 is 12.7 Å². The summed E-state index contributed by atoms with van der Waals surface area (Å²) in [6, 6.07) is 7.54. The molecule has 1 fully saturated rings. The number of nitrogens with zero attached hydrogens (tertiary/aromatic N) is 2. The van der Waals surface area contributed by atoms with Gasteiger partial charge in [0, 0.05) is 32.3 Å². The van der Waals surface area contributed by atoms with Crippen molar-refractivity contribution < 1.29 is 17.9 Å². The molecule has 29 heavy (non-hydrogen) atoms. The van der Waals surface area contributed by atoms with E-state index in [0.717, 1.165) is 31.4 Å². The number of benzene rings is 1. The van der Waals surface area contributed by atoms with Gasteiger partial charge >= 0.3 is 6.18 Å². The van der Waals surface area contributed by atoms with E-state index in [1.807, 2.05) is 24.3 Å². The summed E-state index contributed by atoms with van der Waals surface area (Å²) in [4.78, 5) is 5.71. The number of hydrogen-bond donors (Lipinski definition) is 2. The number of guanidine groups is 1. The second-order valence-corrected chi connectivity index (χ2v) is 7.72. The van der Waals surface area contributed by atoms with Gasteiger partial charge in [-0.2, -0.15) is 13.2 Å². The fourth-order valence-electron chi connectivity index (χ4n) is 3.54. The van der Waals surface area contributed by atoms with Crippen LogP contribution in [0.1, 0.15) is 30.9 Å². The Morgan fingerprint density at radius 1 is 1.31 bits per heavy atom. The maximum atomic E-state index is 12.5. The van der Waals surface area contributed by atoms with Crippen LogP contribution in [0.5, 0.6) is 0 Å². The molecule has 1 heterocycles. The average molecular weight is 435 g/mol. The molecule has 1 aliphatic rings. The van der Waals surface area contributed by atoms with Gasteiger partial charge in [0.15, 0.2) is 5.96 Å². The summed E-state index contributed by atoms with van der Waals surface area (Å²) in [6.07, 6.45) is -1.78. The van der Waals surface area contributed by atoms with Gasteiger partial charge in [0.05, 0.1) is 12.6 Å². The molecule has 1 atom stereocenters. The van der Waals surface area contributed by atoms with Crippen molar-refractivity contribution in [1.29, 1.82) is 0 Å². The number of hydrogen-bond acceptors (Lipinski definition) is 3. The fraction of sp³-hybridized carbons (Fsp3) is 0.650. The molecule has 0 saturated carbocycles. The van der Waals surface area contributed by atoms with Crippen molar-refractivity contribution in [3.8, 4) is 0 Å². The predicted octanol–water partition coefficient (Wildman–Crippen LogP) is 3.86. The Kier molecular flexibility index (Phi) is 9.52. The van der Waals surface area contributed by atoms with Crippen molar-refractivity contribution in [3.05, 3.63) is 34.9 Å². The molecule has 9 heteroatoms. The first-order chi connectivity index (χ1) is 13.8. The summed E-state index contributed by atoms with van der Waals surface area (Å²) < 4.78 is 42.9. The van der Waals surface area contributed by atoms with Crippen LogP contribution in [0.15, 0.2) is 29.3 Å². The normalized spacial score (nSPS) is 17.9. The number of rotatable bonds is 8. The zero-order chi connectivity index (χ0) is 21.3. The molecule has 0 amide bonds. The largest absolute Gasteiger partial charge is 0.401 e. The summed E-state index contributed by atoms with van der Waals surface area (Å²) in [5.41, 5.74) is 0.980. The Hall–Kier alpha value is -1.51. The van der Waals surface area contributed by atoms with Crippen LogP contribution < -0.4 is 10.6 Å². The van der Waals surface area contributed by atoms with E-state index in [1.54, 1.807) is 14.2 Å². The van der Waals surface area contributed by atoms with Crippen molar-refractivity contribution >= 4 is 17.6 Å². The lowest BCUT2D eigenvalue weighted by Crippen LogP contribution is -2.42. The van der Waals surface area contributed by atoms with Gasteiger partial charge in [-0.25, -0.2) is 0 Å². The van der Waals surface area contributed by atoms with Gasteiger partial charge in [0.1, 0.15) is 0 Å². The maximum Gasteiger partial charge on any atom is 0.401 e. The molecular formula is C20H30ClF3N4O. The Balaban J connectivity index is 1.69. The molecule has 0 spiro atoms. The van der Waals surface area contributed by atoms with E-state index in [4.69, 9.17) is 16.3 Å². The zero-order valence-electron chi connectivity index (χ0n) is 16.9. The van der Waals surface area contributed by atoms with Crippen molar-refractivity contribution in [3.63, 3.8) is 0 Å². The number of likely N-dealkylation sites (tertiary alicyclic amines) is 1. The van der Waals surface area contributed by atoms with Crippen molar-refractivity contribution in [2.24, 2.45) is 10.9 Å². The smallest absolute Gasteiger partial charge is 0.375 e. The molecule has 1 aliphatic heterocycles. The lowest BCUT2D eigenvalue weighted by Gasteiger charge is -2.32. The Bertz CT molecular complexity index is 649. The maximum absolute atomic E-state index is 12.5. The van der Waals surface area contributed by atoms with Crippen LogP contribution in [0.3, 0.4) is 0 Å². The quantitative estimate of drug-likeness (QED) is 0.482. The minimum Gasteiger partial charge on any atom is -0.375 e. The monoisotopic (exact) mass is 434 g/mol. The Morgan fingerprint density at radius 2 is 2.03 bits per heavy atom. The molecule has 5 nitrogen and oxygen atoms in total. The van der Waals surface area contributed by atoms with E-state index in [2.05, 4.69) is 15.6 Å². The average Bonchev–Trinajstić information content (AvgIpc) is 2.67. The third kappa shape index (κ3) is 8.80. The van der Waals surface area contributed by atoms with Gasteiger partial charge in [0.2, 0.25) is 0 Å². The number of alkyl halides is 3. The third-order valence-electron chi connectivity index (χ3n) is 5.14. The number of piperidine rings is 1. The van der Waals surface area contributed by atoms with Gasteiger partial charge in [-0.3, -0.25) is 9.89 Å². The highest BCUT2D eigenvalue weighted by Gasteiger charge is 2.32. The SMILES string of the molecule is CN=C(NCCC1CCN(CC(F)(F)F)CC1)NCC(OC)c1cccc(Cl)c1. The zero-order valence-corrected chi connectivity index (χ0v) is 17.7. The molecule has 1 aromatic carbocycles. The molecule has 164 valence electrons. The summed E-state index contributed by atoms with van der Waals surface area (Å²) in [7, 11) is 3.35. The lowest BCUT2D eigenvalue weighted by molar-refractivity contribution is -0.148. The molecule has 0 aromatic heterocycles. The Morgan fingerprint density at radius 3 is 2.62 bits per heavy atom. The second-order valence-electron chi connectivity index (χ2n) is 7.28. The molecule has 2 rings (SSSR count). The Labute approximate surface area is 175 Å². The lowest BCUT2D eigenvalue weighted by atomic mass is 9.93. The van der Waals surface area contributed by atoms with E-state index in [-0.39, 0.29) is 6.10 Å². The highest BCUT2D eigenvalue weighted by Crippen LogP contribution is 2.24. The van der Waals surface area contributed by atoms with Crippen LogP contribution in [0, 0.1) is 5.92 Å². The number of aliphatic imine (C=N–C) groups is 1. The van der Waals surface area contributed by atoms with E-state index in [1.165, 1.54) is 4.90 Å². The first kappa shape index (κ1) is 23.8. The topological polar surface area (TPSA) is 48.9 Å². The van der Waals surface area contributed by atoms with Crippen LogP contribution in [-0.4, -0.2) is 63.9 Å². The van der Waals surface area contributed by atoms with Crippen molar-refractivity contribution in [2.45, 2.75) is 31.5 Å². The summed E-state index contributed by atoms with van der Waals surface area (Å²) in [5.74, 6) is 1.10. The standard InChI is InChI=1S/C20H30ClF3N4O/c1-25-19(27-13-18(29-2)16-4-3-5-17(21)12-16)26-9-6-15-7-10-28(11-8-15)14-20(22,23)24/h3-5,12,15,18H,6-11,13-14H2,1-2H3,(H2,25,26,27). The summed E-state index contributed by atoms with van der Waals surface area (Å²) in [6.45, 7) is 1.46. The van der Waals surface area contributed by atoms with Crippen LogP contribution in [-0.2, 0) is 4.74 Å². The van der Waals surface area contributed by atoms with Crippen LogP contribution in [0.2, 0.25) is 5.02 Å². The molecule has 1 unspecified atom stereocenters. The first-order valence-corrected chi connectivity index (χ1v) is 10.2. The van der Waals surface area contributed by atoms with Gasteiger partial charge in [-0.15, -0.1) is 0 Å². The molecule has 2 N–H and O–H groups in total. The number of nitrogens with one attached hydrogen (secondary N) is 2.